The number of carbonyl (C=O) groups is 1. The SMILES string of the molecule is O=C1Cc2nccc(Nc3cc(Cl)ccc3F)c2CN1. The van der Waals surface area contributed by atoms with Crippen LogP contribution in [0.1, 0.15) is 11.3 Å². The van der Waals surface area contributed by atoms with E-state index >= 15 is 0 Å². The molecule has 1 amide bonds. The molecule has 4 nitrogen and oxygen atoms in total. The standard InChI is InChI=1S/C14H11ClFN3O/c15-8-1-2-10(16)13(5-8)19-11-3-4-17-12-6-14(20)18-7-9(11)12/h1-5H,6-7H2,(H,17,19)(H,18,20). The molecule has 0 radical (unpaired) electrons. The lowest BCUT2D eigenvalue weighted by Gasteiger charge is -2.20. The molecular formula is C14H11ClFN3O. The summed E-state index contributed by atoms with van der Waals surface area (Å²) in [5.74, 6) is -0.448. The normalized spacial score (nSPS) is 13.6. The Labute approximate surface area is 120 Å². The van der Waals surface area contributed by atoms with Gasteiger partial charge in [0.2, 0.25) is 5.91 Å². The maximum absolute atomic E-state index is 13.7. The molecule has 3 rings (SSSR count). The van der Waals surface area contributed by atoms with Crippen LogP contribution < -0.4 is 10.6 Å². The van der Waals surface area contributed by atoms with Gasteiger partial charge >= 0.3 is 0 Å². The van der Waals surface area contributed by atoms with Crippen LogP contribution in [0.5, 0.6) is 0 Å². The second kappa shape index (κ2) is 5.09. The minimum Gasteiger partial charge on any atom is -0.353 e. The highest BCUT2D eigenvalue weighted by Gasteiger charge is 2.19. The molecule has 1 aliphatic heterocycles. The highest BCUT2D eigenvalue weighted by atomic mass is 35.5. The second-order valence-electron chi connectivity index (χ2n) is 4.49. The van der Waals surface area contributed by atoms with Gasteiger partial charge in [-0.25, -0.2) is 4.39 Å². The molecular weight excluding hydrogens is 281 g/mol. The second-order valence-corrected chi connectivity index (χ2v) is 4.92. The largest absolute Gasteiger partial charge is 0.353 e. The van der Waals surface area contributed by atoms with E-state index in [1.807, 2.05) is 0 Å². The molecule has 2 N–H and O–H groups in total. The fraction of sp³-hybridized carbons (Fsp3) is 0.143. The number of hydrogen-bond acceptors (Lipinski definition) is 3. The van der Waals surface area contributed by atoms with Gasteiger partial charge in [-0.1, -0.05) is 11.6 Å². The van der Waals surface area contributed by atoms with Gasteiger partial charge in [-0.2, -0.15) is 0 Å². The minimum atomic E-state index is -0.389. The molecule has 0 aliphatic carbocycles. The molecule has 0 saturated heterocycles. The summed E-state index contributed by atoms with van der Waals surface area (Å²) in [7, 11) is 0. The van der Waals surface area contributed by atoms with Crippen LogP contribution >= 0.6 is 11.6 Å². The Morgan fingerprint density at radius 2 is 2.15 bits per heavy atom. The van der Waals surface area contributed by atoms with E-state index in [2.05, 4.69) is 15.6 Å². The number of nitrogens with zero attached hydrogens (tertiary/aromatic N) is 1. The maximum atomic E-state index is 13.7. The predicted octanol–water partition coefficient (Wildman–Crippen LogP) is 2.79. The molecule has 0 atom stereocenters. The first kappa shape index (κ1) is 12.9. The van der Waals surface area contributed by atoms with Crippen molar-refractivity contribution in [2.24, 2.45) is 0 Å². The van der Waals surface area contributed by atoms with Crippen LogP contribution in [0.2, 0.25) is 5.02 Å². The van der Waals surface area contributed by atoms with Crippen LogP contribution in [0.15, 0.2) is 30.5 Å². The van der Waals surface area contributed by atoms with Gasteiger partial charge in [0.05, 0.1) is 17.8 Å². The predicted molar refractivity (Wildman–Crippen MR) is 74.5 cm³/mol. The van der Waals surface area contributed by atoms with Gasteiger partial charge in [0.1, 0.15) is 5.82 Å². The van der Waals surface area contributed by atoms with Crippen molar-refractivity contribution in [3.05, 3.63) is 52.6 Å². The number of amides is 1. The van der Waals surface area contributed by atoms with E-state index in [1.165, 1.54) is 18.2 Å². The van der Waals surface area contributed by atoms with Crippen molar-refractivity contribution in [1.29, 1.82) is 0 Å². The lowest BCUT2D eigenvalue weighted by molar-refractivity contribution is -0.121. The molecule has 2 heterocycles. The fourth-order valence-corrected chi connectivity index (χ4v) is 2.31. The van der Waals surface area contributed by atoms with E-state index in [0.717, 1.165) is 11.3 Å². The average molecular weight is 292 g/mol. The summed E-state index contributed by atoms with van der Waals surface area (Å²) in [4.78, 5) is 15.5. The zero-order valence-corrected chi connectivity index (χ0v) is 11.2. The number of fused-ring (bicyclic) bond motifs is 1. The number of anilines is 2. The Bertz CT molecular complexity index is 690. The van der Waals surface area contributed by atoms with Crippen LogP contribution in [0.3, 0.4) is 0 Å². The molecule has 102 valence electrons. The van der Waals surface area contributed by atoms with E-state index in [4.69, 9.17) is 11.6 Å². The third-order valence-corrected chi connectivity index (χ3v) is 3.37. The van der Waals surface area contributed by atoms with Crippen LogP contribution in [-0.2, 0) is 17.8 Å². The number of halogens is 2. The number of pyridine rings is 1. The van der Waals surface area contributed by atoms with E-state index in [-0.39, 0.29) is 18.1 Å². The number of hydrogen-bond donors (Lipinski definition) is 2. The van der Waals surface area contributed by atoms with E-state index in [1.54, 1.807) is 12.3 Å². The van der Waals surface area contributed by atoms with Crippen molar-refractivity contribution in [3.8, 4) is 0 Å². The molecule has 0 bridgehead atoms. The highest BCUT2D eigenvalue weighted by molar-refractivity contribution is 6.30. The maximum Gasteiger partial charge on any atom is 0.226 e. The number of carbonyl (C=O) groups excluding carboxylic acids is 1. The fourth-order valence-electron chi connectivity index (χ4n) is 2.14. The van der Waals surface area contributed by atoms with Crippen LogP contribution in [0.25, 0.3) is 0 Å². The smallest absolute Gasteiger partial charge is 0.226 e. The Morgan fingerprint density at radius 1 is 1.30 bits per heavy atom. The van der Waals surface area contributed by atoms with Crippen LogP contribution in [0, 0.1) is 5.82 Å². The summed E-state index contributed by atoms with van der Waals surface area (Å²) >= 11 is 5.87. The topological polar surface area (TPSA) is 54.0 Å². The molecule has 0 saturated carbocycles. The molecule has 1 aromatic heterocycles. The van der Waals surface area contributed by atoms with Gasteiger partial charge in [0, 0.05) is 29.0 Å². The summed E-state index contributed by atoms with van der Waals surface area (Å²) in [5.41, 5.74) is 2.59. The quantitative estimate of drug-likeness (QED) is 0.894. The van der Waals surface area contributed by atoms with Gasteiger partial charge in [-0.3, -0.25) is 9.78 Å². The molecule has 0 fully saturated rings. The Morgan fingerprint density at radius 3 is 3.00 bits per heavy atom. The molecule has 20 heavy (non-hydrogen) atoms. The lowest BCUT2D eigenvalue weighted by Crippen LogP contribution is -2.31. The lowest BCUT2D eigenvalue weighted by atomic mass is 10.0. The Kier molecular flexibility index (Phi) is 3.28. The number of nitrogens with one attached hydrogen (secondary N) is 2. The van der Waals surface area contributed by atoms with Gasteiger partial charge < -0.3 is 10.6 Å². The van der Waals surface area contributed by atoms with E-state index in [9.17, 15) is 9.18 Å². The van der Waals surface area contributed by atoms with Gasteiger partial charge in [0.25, 0.3) is 0 Å². The van der Waals surface area contributed by atoms with Gasteiger partial charge in [-0.05, 0) is 24.3 Å². The summed E-state index contributed by atoms with van der Waals surface area (Å²) in [6, 6.07) is 6.06. The van der Waals surface area contributed by atoms with Crippen LogP contribution in [0.4, 0.5) is 15.8 Å². The minimum absolute atomic E-state index is 0.0592. The number of rotatable bonds is 2. The molecule has 6 heteroatoms. The Balaban J connectivity index is 1.97. The zero-order valence-electron chi connectivity index (χ0n) is 10.4. The van der Waals surface area contributed by atoms with Crippen molar-refractivity contribution < 1.29 is 9.18 Å². The third-order valence-electron chi connectivity index (χ3n) is 3.13. The molecule has 1 aliphatic rings. The Hall–Kier alpha value is -2.14. The third kappa shape index (κ3) is 2.44. The first-order chi connectivity index (χ1) is 9.63. The number of benzene rings is 1. The van der Waals surface area contributed by atoms with Crippen molar-refractivity contribution in [2.75, 3.05) is 5.32 Å². The van der Waals surface area contributed by atoms with Crippen molar-refractivity contribution >= 4 is 28.9 Å². The molecule has 1 aromatic carbocycles. The summed E-state index contributed by atoms with van der Waals surface area (Å²) in [5, 5.41) is 6.21. The van der Waals surface area contributed by atoms with Crippen molar-refractivity contribution in [2.45, 2.75) is 13.0 Å². The zero-order chi connectivity index (χ0) is 14.1. The van der Waals surface area contributed by atoms with E-state index in [0.29, 0.717) is 22.9 Å². The van der Waals surface area contributed by atoms with E-state index < -0.39 is 0 Å². The summed E-state index contributed by atoms with van der Waals surface area (Å²) < 4.78 is 13.7. The molecule has 0 unspecified atom stereocenters. The van der Waals surface area contributed by atoms with Crippen molar-refractivity contribution in [1.82, 2.24) is 10.3 Å². The number of aromatic nitrogens is 1. The monoisotopic (exact) mass is 291 g/mol. The van der Waals surface area contributed by atoms with Crippen molar-refractivity contribution in [3.63, 3.8) is 0 Å². The van der Waals surface area contributed by atoms with Gasteiger partial charge in [0.15, 0.2) is 0 Å². The molecule has 0 spiro atoms. The highest BCUT2D eigenvalue weighted by Crippen LogP contribution is 2.27. The van der Waals surface area contributed by atoms with Crippen LogP contribution in [-0.4, -0.2) is 10.9 Å². The summed E-state index contributed by atoms with van der Waals surface area (Å²) in [6.07, 6.45) is 1.84. The summed E-state index contributed by atoms with van der Waals surface area (Å²) in [6.45, 7) is 0.381. The average Bonchev–Trinajstić information content (AvgIpc) is 2.43. The first-order valence-corrected chi connectivity index (χ1v) is 6.47. The van der Waals surface area contributed by atoms with Gasteiger partial charge in [-0.15, -0.1) is 0 Å². The first-order valence-electron chi connectivity index (χ1n) is 6.09. The molecule has 2 aromatic rings.